The van der Waals surface area contributed by atoms with E-state index in [0.29, 0.717) is 10.7 Å². The molecule has 0 fully saturated rings. The fourth-order valence-electron chi connectivity index (χ4n) is 1.95. The second kappa shape index (κ2) is 6.06. The van der Waals surface area contributed by atoms with E-state index < -0.39 is 0 Å². The summed E-state index contributed by atoms with van der Waals surface area (Å²) in [5.41, 5.74) is 2.85. The molecule has 2 aromatic rings. The van der Waals surface area contributed by atoms with E-state index in [1.54, 1.807) is 24.1 Å². The molecule has 0 saturated carbocycles. The molecule has 0 aliphatic rings. The molecule has 1 aromatic carbocycles. The molecule has 0 radical (unpaired) electrons. The number of amides is 1. The third-order valence-electron chi connectivity index (χ3n) is 3.44. The van der Waals surface area contributed by atoms with Gasteiger partial charge < -0.3 is 4.90 Å². The summed E-state index contributed by atoms with van der Waals surface area (Å²) in [6.07, 6.45) is 1.50. The van der Waals surface area contributed by atoms with E-state index >= 15 is 0 Å². The van der Waals surface area contributed by atoms with Crippen LogP contribution in [0.2, 0.25) is 5.15 Å². The number of carbonyl (C=O) groups excluding carboxylic acids is 1. The van der Waals surface area contributed by atoms with Crippen LogP contribution in [-0.2, 0) is 0 Å². The van der Waals surface area contributed by atoms with Crippen LogP contribution in [0.1, 0.15) is 34.5 Å². The molecule has 104 valence electrons. The zero-order chi connectivity index (χ0) is 14.7. The van der Waals surface area contributed by atoms with E-state index in [9.17, 15) is 4.79 Å². The number of nitrogens with zero attached hydrogens (tertiary/aromatic N) is 2. The Labute approximate surface area is 124 Å². The number of aromatic nitrogens is 1. The molecule has 1 unspecified atom stereocenters. The van der Waals surface area contributed by atoms with Crippen LogP contribution in [0.5, 0.6) is 0 Å². The monoisotopic (exact) mass is 288 g/mol. The van der Waals surface area contributed by atoms with Crippen molar-refractivity contribution in [1.82, 2.24) is 9.88 Å². The number of carbonyl (C=O) groups is 1. The van der Waals surface area contributed by atoms with Gasteiger partial charge in [0.25, 0.3) is 5.91 Å². The van der Waals surface area contributed by atoms with Gasteiger partial charge in [-0.05, 0) is 31.5 Å². The first-order chi connectivity index (χ1) is 9.49. The van der Waals surface area contributed by atoms with Gasteiger partial charge in [-0.25, -0.2) is 4.98 Å². The molecule has 0 bridgehead atoms. The van der Waals surface area contributed by atoms with Crippen LogP contribution in [0.15, 0.2) is 42.6 Å². The number of hydrogen-bond acceptors (Lipinski definition) is 2. The van der Waals surface area contributed by atoms with Crippen molar-refractivity contribution in [2.45, 2.75) is 19.9 Å². The second-order valence-corrected chi connectivity index (χ2v) is 5.26. The van der Waals surface area contributed by atoms with Crippen molar-refractivity contribution < 1.29 is 4.79 Å². The maximum atomic E-state index is 12.4. The minimum atomic E-state index is -0.0674. The van der Waals surface area contributed by atoms with Gasteiger partial charge in [0, 0.05) is 13.2 Å². The summed E-state index contributed by atoms with van der Waals surface area (Å²) < 4.78 is 0. The molecule has 1 atom stereocenters. The Morgan fingerprint density at radius 2 is 1.85 bits per heavy atom. The number of halogens is 1. The van der Waals surface area contributed by atoms with Crippen LogP contribution < -0.4 is 0 Å². The number of pyridine rings is 1. The molecule has 20 heavy (non-hydrogen) atoms. The third-order valence-corrected chi connectivity index (χ3v) is 3.66. The summed E-state index contributed by atoms with van der Waals surface area (Å²) >= 11 is 5.73. The summed E-state index contributed by atoms with van der Waals surface area (Å²) in [7, 11) is 1.79. The van der Waals surface area contributed by atoms with Gasteiger partial charge in [0.1, 0.15) is 5.15 Å². The van der Waals surface area contributed by atoms with Gasteiger partial charge in [0.05, 0.1) is 11.6 Å². The van der Waals surface area contributed by atoms with Crippen LogP contribution in [-0.4, -0.2) is 22.8 Å². The molecule has 0 saturated heterocycles. The normalized spacial score (nSPS) is 12.0. The van der Waals surface area contributed by atoms with Crippen molar-refractivity contribution in [2.75, 3.05) is 7.05 Å². The van der Waals surface area contributed by atoms with E-state index in [1.807, 2.05) is 38.1 Å². The standard InChI is InChI=1S/C16H17ClN2O/c1-11-4-6-13(7-5-11)12(2)19(3)16(20)14-8-9-15(17)18-10-14/h4-10,12H,1-3H3. The van der Waals surface area contributed by atoms with Gasteiger partial charge >= 0.3 is 0 Å². The molecule has 0 aliphatic carbocycles. The summed E-state index contributed by atoms with van der Waals surface area (Å²) in [4.78, 5) is 18.0. The number of aryl methyl sites for hydroxylation is 1. The molecule has 1 heterocycles. The summed E-state index contributed by atoms with van der Waals surface area (Å²) in [5.74, 6) is -0.0674. The lowest BCUT2D eigenvalue weighted by Gasteiger charge is -2.25. The molecule has 0 spiro atoms. The molecule has 0 N–H and O–H groups in total. The molecule has 4 heteroatoms. The van der Waals surface area contributed by atoms with Gasteiger partial charge in [-0.1, -0.05) is 41.4 Å². The zero-order valence-electron chi connectivity index (χ0n) is 11.8. The van der Waals surface area contributed by atoms with Gasteiger partial charge in [-0.15, -0.1) is 0 Å². The highest BCUT2D eigenvalue weighted by atomic mass is 35.5. The van der Waals surface area contributed by atoms with Gasteiger partial charge in [-0.3, -0.25) is 4.79 Å². The topological polar surface area (TPSA) is 33.2 Å². The minimum absolute atomic E-state index is 0.00113. The Morgan fingerprint density at radius 1 is 1.20 bits per heavy atom. The lowest BCUT2D eigenvalue weighted by atomic mass is 10.0. The van der Waals surface area contributed by atoms with Crippen molar-refractivity contribution in [3.8, 4) is 0 Å². The smallest absolute Gasteiger partial charge is 0.255 e. The predicted molar refractivity (Wildman–Crippen MR) is 80.9 cm³/mol. The van der Waals surface area contributed by atoms with E-state index in [2.05, 4.69) is 4.98 Å². The Balaban J connectivity index is 2.17. The number of hydrogen-bond donors (Lipinski definition) is 0. The number of rotatable bonds is 3. The van der Waals surface area contributed by atoms with E-state index in [0.717, 1.165) is 5.56 Å². The Morgan fingerprint density at radius 3 is 2.40 bits per heavy atom. The van der Waals surface area contributed by atoms with Crippen LogP contribution >= 0.6 is 11.6 Å². The first-order valence-corrected chi connectivity index (χ1v) is 6.82. The third kappa shape index (κ3) is 3.17. The second-order valence-electron chi connectivity index (χ2n) is 4.87. The zero-order valence-corrected chi connectivity index (χ0v) is 12.6. The first-order valence-electron chi connectivity index (χ1n) is 6.44. The highest BCUT2D eigenvalue weighted by Crippen LogP contribution is 2.21. The van der Waals surface area contributed by atoms with Gasteiger partial charge in [0.2, 0.25) is 0 Å². The first kappa shape index (κ1) is 14.5. The maximum Gasteiger partial charge on any atom is 0.255 e. The highest BCUT2D eigenvalue weighted by Gasteiger charge is 2.19. The van der Waals surface area contributed by atoms with Gasteiger partial charge in [-0.2, -0.15) is 0 Å². The van der Waals surface area contributed by atoms with Crippen molar-refractivity contribution in [2.24, 2.45) is 0 Å². The van der Waals surface area contributed by atoms with Crippen molar-refractivity contribution >= 4 is 17.5 Å². The lowest BCUT2D eigenvalue weighted by Crippen LogP contribution is -2.29. The largest absolute Gasteiger partial charge is 0.335 e. The fourth-order valence-corrected chi connectivity index (χ4v) is 2.06. The average Bonchev–Trinajstić information content (AvgIpc) is 2.46. The fraction of sp³-hybridized carbons (Fsp3) is 0.250. The maximum absolute atomic E-state index is 12.4. The Hall–Kier alpha value is -1.87. The summed E-state index contributed by atoms with van der Waals surface area (Å²) in [5, 5.41) is 0.385. The van der Waals surface area contributed by atoms with Crippen molar-refractivity contribution in [1.29, 1.82) is 0 Å². The molecule has 1 aromatic heterocycles. The molecule has 2 rings (SSSR count). The highest BCUT2D eigenvalue weighted by molar-refractivity contribution is 6.29. The summed E-state index contributed by atoms with van der Waals surface area (Å²) in [6, 6.07) is 11.5. The summed E-state index contributed by atoms with van der Waals surface area (Å²) in [6.45, 7) is 4.05. The number of benzene rings is 1. The SMILES string of the molecule is Cc1ccc(C(C)N(C)C(=O)c2ccc(Cl)nc2)cc1. The molecular weight excluding hydrogens is 272 g/mol. The Bertz CT molecular complexity index is 593. The van der Waals surface area contributed by atoms with Crippen molar-refractivity contribution in [3.63, 3.8) is 0 Å². The van der Waals surface area contributed by atoms with Crippen LogP contribution in [0.25, 0.3) is 0 Å². The molecular formula is C16H17ClN2O. The minimum Gasteiger partial charge on any atom is -0.335 e. The molecule has 1 amide bonds. The van der Waals surface area contributed by atoms with E-state index in [-0.39, 0.29) is 11.9 Å². The van der Waals surface area contributed by atoms with Crippen LogP contribution in [0.3, 0.4) is 0 Å². The quantitative estimate of drug-likeness (QED) is 0.803. The molecule has 3 nitrogen and oxygen atoms in total. The van der Waals surface area contributed by atoms with Crippen LogP contribution in [0, 0.1) is 6.92 Å². The van der Waals surface area contributed by atoms with Crippen LogP contribution in [0.4, 0.5) is 0 Å². The van der Waals surface area contributed by atoms with Gasteiger partial charge in [0.15, 0.2) is 0 Å². The molecule has 0 aliphatic heterocycles. The average molecular weight is 289 g/mol. The predicted octanol–water partition coefficient (Wildman–Crippen LogP) is 3.88. The van der Waals surface area contributed by atoms with Crippen molar-refractivity contribution in [3.05, 3.63) is 64.4 Å². The Kier molecular flexibility index (Phi) is 4.40. The lowest BCUT2D eigenvalue weighted by molar-refractivity contribution is 0.0742. The van der Waals surface area contributed by atoms with E-state index in [1.165, 1.54) is 11.8 Å². The van der Waals surface area contributed by atoms with E-state index in [4.69, 9.17) is 11.6 Å².